The van der Waals surface area contributed by atoms with Crippen LogP contribution in [0.15, 0.2) is 29.2 Å². The van der Waals surface area contributed by atoms with Crippen molar-refractivity contribution in [3.8, 4) is 0 Å². The molecule has 0 aliphatic carbocycles. The summed E-state index contributed by atoms with van der Waals surface area (Å²) in [6, 6.07) is 5.99. The zero-order valence-corrected chi connectivity index (χ0v) is 10.2. The number of benzene rings is 1. The second kappa shape index (κ2) is 4.46. The molecule has 0 fully saturated rings. The largest absolute Gasteiger partial charge is 0.294 e. The molecule has 5 heteroatoms. The molecular weight excluding hydrogens is 253 g/mol. The average molecular weight is 261 g/mol. The maximum atomic E-state index is 10.5. The molecule has 1 rings (SSSR count). The molecule has 1 radical (unpaired) electrons. The molecule has 0 saturated heterocycles. The predicted octanol–water partition coefficient (Wildman–Crippen LogP) is 1.24. The molecule has 0 aromatic heterocycles. The normalized spacial score (nSPS) is 10.5. The van der Waals surface area contributed by atoms with Gasteiger partial charge in [0.25, 0.3) is 10.1 Å². The van der Waals surface area contributed by atoms with Crippen molar-refractivity contribution in [1.82, 2.24) is 0 Å². The van der Waals surface area contributed by atoms with Crippen LogP contribution >= 0.6 is 0 Å². The van der Waals surface area contributed by atoms with Crippen LogP contribution in [0.5, 0.6) is 0 Å². The smallest absolute Gasteiger partial charge is 0.282 e. The topological polar surface area (TPSA) is 54.4 Å². The van der Waals surface area contributed by atoms with Gasteiger partial charge in [-0.15, -0.1) is 0 Å². The van der Waals surface area contributed by atoms with E-state index >= 15 is 0 Å². The van der Waals surface area contributed by atoms with Gasteiger partial charge in [0.2, 0.25) is 0 Å². The maximum absolute atomic E-state index is 10.5. The van der Waals surface area contributed by atoms with E-state index in [4.69, 9.17) is 4.55 Å². The van der Waals surface area contributed by atoms with Crippen molar-refractivity contribution in [2.75, 3.05) is 0 Å². The Morgan fingerprint density at radius 3 is 1.92 bits per heavy atom. The van der Waals surface area contributed by atoms with Gasteiger partial charge in [0, 0.05) is 32.7 Å². The molecule has 63 valence electrons. The van der Waals surface area contributed by atoms with Gasteiger partial charge in [0.05, 0.1) is 4.90 Å². The summed E-state index contributed by atoms with van der Waals surface area (Å²) in [5.74, 6) is 0. The molecule has 0 aliphatic rings. The van der Waals surface area contributed by atoms with Crippen molar-refractivity contribution in [2.45, 2.75) is 11.8 Å². The molecule has 1 N–H and O–H groups in total. The Hall–Kier alpha value is 0.234. The second-order valence-corrected chi connectivity index (χ2v) is 3.71. The molecule has 0 aliphatic heterocycles. The molecule has 0 saturated carbocycles. The van der Waals surface area contributed by atoms with Crippen molar-refractivity contribution >= 4 is 10.1 Å². The Kier molecular flexibility index (Phi) is 4.55. The summed E-state index contributed by atoms with van der Waals surface area (Å²) in [6.07, 6.45) is 0. The van der Waals surface area contributed by atoms with Crippen LogP contribution in [-0.4, -0.2) is 13.0 Å². The fourth-order valence-corrected chi connectivity index (χ4v) is 1.19. The summed E-state index contributed by atoms with van der Waals surface area (Å²) >= 11 is 0. The maximum Gasteiger partial charge on any atom is 0.294 e. The summed E-state index contributed by atoms with van der Waals surface area (Å²) in [4.78, 5) is -0.0666. The van der Waals surface area contributed by atoms with E-state index in [2.05, 4.69) is 0 Å². The SMILES string of the molecule is Cc1ccc(S(=O)(=O)O)cc1.[Y]. The molecule has 1 aromatic carbocycles. The van der Waals surface area contributed by atoms with Gasteiger partial charge in [-0.25, -0.2) is 0 Å². The number of hydrogen-bond donors (Lipinski definition) is 1. The Morgan fingerprint density at radius 1 is 1.17 bits per heavy atom. The van der Waals surface area contributed by atoms with Crippen molar-refractivity contribution in [1.29, 1.82) is 0 Å². The zero-order valence-electron chi connectivity index (χ0n) is 6.56. The van der Waals surface area contributed by atoms with Crippen LogP contribution in [0.4, 0.5) is 0 Å². The van der Waals surface area contributed by atoms with E-state index < -0.39 is 10.1 Å². The third kappa shape index (κ3) is 3.31. The van der Waals surface area contributed by atoms with Gasteiger partial charge in [-0.1, -0.05) is 17.7 Å². The van der Waals surface area contributed by atoms with Gasteiger partial charge >= 0.3 is 0 Å². The molecule has 0 bridgehead atoms. The van der Waals surface area contributed by atoms with Crippen molar-refractivity contribution < 1.29 is 45.7 Å². The van der Waals surface area contributed by atoms with E-state index in [9.17, 15) is 8.42 Å². The molecule has 0 heterocycles. The summed E-state index contributed by atoms with van der Waals surface area (Å²) < 4.78 is 29.6. The molecule has 1 aromatic rings. The second-order valence-electron chi connectivity index (χ2n) is 2.29. The molecule has 3 nitrogen and oxygen atoms in total. The Morgan fingerprint density at radius 2 is 1.58 bits per heavy atom. The summed E-state index contributed by atoms with van der Waals surface area (Å²) in [5, 5.41) is 0. The Balaban J connectivity index is 0.00000121. The predicted molar refractivity (Wildman–Crippen MR) is 41.0 cm³/mol. The molecule has 0 unspecified atom stereocenters. The van der Waals surface area contributed by atoms with Crippen molar-refractivity contribution in [2.24, 2.45) is 0 Å². The fraction of sp³-hybridized carbons (Fsp3) is 0.143. The van der Waals surface area contributed by atoms with Crippen LogP contribution in [0, 0.1) is 6.92 Å². The minimum atomic E-state index is -4.02. The Bertz CT molecular complexity index is 341. The van der Waals surface area contributed by atoms with Crippen molar-refractivity contribution in [3.63, 3.8) is 0 Å². The standard InChI is InChI=1S/C7H8O3S.Y/c1-6-2-4-7(5-3-6)11(8,9)10;/h2-5H,1H3,(H,8,9,10);. The first-order valence-electron chi connectivity index (χ1n) is 3.04. The van der Waals surface area contributed by atoms with E-state index in [0.717, 1.165) is 5.56 Å². The Labute approximate surface area is 96.8 Å². The van der Waals surface area contributed by atoms with Gasteiger partial charge < -0.3 is 0 Å². The van der Waals surface area contributed by atoms with Gasteiger partial charge in [0.15, 0.2) is 0 Å². The molecule has 12 heavy (non-hydrogen) atoms. The van der Waals surface area contributed by atoms with Gasteiger partial charge in [-0.2, -0.15) is 8.42 Å². The van der Waals surface area contributed by atoms with Crippen LogP contribution in [0.2, 0.25) is 0 Å². The van der Waals surface area contributed by atoms with Crippen LogP contribution in [0.25, 0.3) is 0 Å². The number of aryl methyl sites for hydroxylation is 1. The first-order chi connectivity index (χ1) is 5.00. The fourth-order valence-electron chi connectivity index (χ4n) is 0.710. The molecular formula is C7H8O3SY. The summed E-state index contributed by atoms with van der Waals surface area (Å²) in [7, 11) is -4.02. The third-order valence-corrected chi connectivity index (χ3v) is 2.19. The molecule has 0 atom stereocenters. The van der Waals surface area contributed by atoms with E-state index in [0.29, 0.717) is 0 Å². The molecule has 0 amide bonds. The van der Waals surface area contributed by atoms with E-state index in [1.807, 2.05) is 6.92 Å². The van der Waals surface area contributed by atoms with Gasteiger partial charge in [-0.05, 0) is 19.1 Å². The van der Waals surface area contributed by atoms with E-state index in [1.165, 1.54) is 12.1 Å². The summed E-state index contributed by atoms with van der Waals surface area (Å²) in [5.41, 5.74) is 0.956. The minimum Gasteiger partial charge on any atom is -0.282 e. The van der Waals surface area contributed by atoms with Gasteiger partial charge in [-0.3, -0.25) is 4.55 Å². The molecule has 0 spiro atoms. The minimum absolute atomic E-state index is 0. The monoisotopic (exact) mass is 261 g/mol. The third-order valence-electron chi connectivity index (χ3n) is 1.32. The van der Waals surface area contributed by atoms with E-state index in [1.54, 1.807) is 12.1 Å². The van der Waals surface area contributed by atoms with Crippen LogP contribution in [-0.2, 0) is 42.8 Å². The zero-order chi connectivity index (χ0) is 8.48. The van der Waals surface area contributed by atoms with Crippen LogP contribution in [0.3, 0.4) is 0 Å². The van der Waals surface area contributed by atoms with Gasteiger partial charge in [0.1, 0.15) is 0 Å². The van der Waals surface area contributed by atoms with Crippen molar-refractivity contribution in [3.05, 3.63) is 29.8 Å². The average Bonchev–Trinajstić information content (AvgIpc) is 1.86. The van der Waals surface area contributed by atoms with Crippen LogP contribution < -0.4 is 0 Å². The summed E-state index contributed by atoms with van der Waals surface area (Å²) in [6.45, 7) is 1.84. The first kappa shape index (κ1) is 12.2. The van der Waals surface area contributed by atoms with E-state index in [-0.39, 0.29) is 37.6 Å². The number of rotatable bonds is 1. The van der Waals surface area contributed by atoms with Crippen LogP contribution in [0.1, 0.15) is 5.56 Å². The quantitative estimate of drug-likeness (QED) is 0.774. The first-order valence-corrected chi connectivity index (χ1v) is 4.48. The number of hydrogen-bond acceptors (Lipinski definition) is 2.